The molecule has 69 heavy (non-hydrogen) atoms. The summed E-state index contributed by atoms with van der Waals surface area (Å²) in [6.07, 6.45) is 34.2. The van der Waals surface area contributed by atoms with Crippen molar-refractivity contribution in [3.63, 3.8) is 0 Å². The Balaban J connectivity index is 1.42. The first-order valence-corrected chi connectivity index (χ1v) is 27.1. The smallest absolute Gasteiger partial charge is 0.338 e. The van der Waals surface area contributed by atoms with Crippen LogP contribution in [-0.4, -0.2) is 63.5 Å². The van der Waals surface area contributed by atoms with E-state index in [4.69, 9.17) is 28.4 Å². The zero-order chi connectivity index (χ0) is 49.7. The van der Waals surface area contributed by atoms with Gasteiger partial charge in [0.05, 0.1) is 24.3 Å². The lowest BCUT2D eigenvalue weighted by Gasteiger charge is -2.44. The number of benzene rings is 2. The molecule has 386 valence electrons. The van der Waals surface area contributed by atoms with Crippen molar-refractivity contribution in [2.45, 2.75) is 188 Å². The van der Waals surface area contributed by atoms with Crippen LogP contribution in [0.5, 0.6) is 11.5 Å². The summed E-state index contributed by atoms with van der Waals surface area (Å²) < 4.78 is 32.4. The van der Waals surface area contributed by atoms with Gasteiger partial charge in [-0.15, -0.1) is 0 Å². The number of carbonyl (C=O) groups excluding carboxylic acids is 4. The van der Waals surface area contributed by atoms with Crippen LogP contribution in [0.2, 0.25) is 0 Å². The molecule has 0 amide bonds. The van der Waals surface area contributed by atoms with Gasteiger partial charge in [-0.25, -0.2) is 19.2 Å². The first-order chi connectivity index (χ1) is 33.7. The molecule has 3 rings (SSSR count). The Bertz CT molecular complexity index is 1720. The van der Waals surface area contributed by atoms with Gasteiger partial charge in [0.2, 0.25) is 0 Å². The molecule has 0 aromatic heterocycles. The van der Waals surface area contributed by atoms with Crippen LogP contribution in [0, 0.1) is 23.7 Å². The Morgan fingerprint density at radius 3 is 1.28 bits per heavy atom. The molecule has 4 unspecified atom stereocenters. The third-order valence-electron chi connectivity index (χ3n) is 13.7. The van der Waals surface area contributed by atoms with Crippen LogP contribution in [-0.2, 0) is 28.5 Å². The minimum atomic E-state index is -0.487. The fourth-order valence-corrected chi connectivity index (χ4v) is 9.87. The maximum Gasteiger partial charge on any atom is 0.338 e. The molecule has 1 aliphatic carbocycles. The molecule has 0 aliphatic heterocycles. The van der Waals surface area contributed by atoms with E-state index < -0.39 is 11.9 Å². The number of hydrogen-bond donors (Lipinski definition) is 0. The first kappa shape index (κ1) is 58.7. The lowest BCUT2D eigenvalue weighted by atomic mass is 9.61. The minimum absolute atomic E-state index is 0.126. The second kappa shape index (κ2) is 37.3. The van der Waals surface area contributed by atoms with Gasteiger partial charge in [-0.05, 0) is 118 Å². The standard InChI is InChI=1S/C59H90O10/c1-6-9-11-13-17-23-29-54-48(27-21-12-10-7-2)31-32-49(28-22-16-14-19-25-41-67-59(63)51-35-39-53(40-36-51)65-44-46-69-57(61)47(4)5)55(54)30-24-18-15-20-26-42-68-58(62)50-33-37-52(38-34-50)64-43-45-66-56(60)8-3/h8,33-40,48-49,54-55H,3-4,6-7,9-32,41-46H2,1-2,5H3. The maximum absolute atomic E-state index is 12.7. The van der Waals surface area contributed by atoms with Crippen LogP contribution in [0.25, 0.3) is 0 Å². The summed E-state index contributed by atoms with van der Waals surface area (Å²) in [4.78, 5) is 48.0. The summed E-state index contributed by atoms with van der Waals surface area (Å²) >= 11 is 0. The van der Waals surface area contributed by atoms with E-state index in [2.05, 4.69) is 27.0 Å². The average molecular weight is 959 g/mol. The predicted octanol–water partition coefficient (Wildman–Crippen LogP) is 15.0. The lowest BCUT2D eigenvalue weighted by Crippen LogP contribution is -2.35. The molecular weight excluding hydrogens is 869 g/mol. The van der Waals surface area contributed by atoms with E-state index in [1.54, 1.807) is 55.5 Å². The summed E-state index contributed by atoms with van der Waals surface area (Å²) in [5, 5.41) is 0. The topological polar surface area (TPSA) is 124 Å². The van der Waals surface area contributed by atoms with E-state index in [1.165, 1.54) is 141 Å². The Kier molecular flexibility index (Phi) is 31.7. The van der Waals surface area contributed by atoms with Crippen molar-refractivity contribution >= 4 is 23.9 Å². The second-order valence-corrected chi connectivity index (χ2v) is 19.2. The summed E-state index contributed by atoms with van der Waals surface area (Å²) in [6.45, 7) is 14.7. The molecule has 1 fully saturated rings. The summed E-state index contributed by atoms with van der Waals surface area (Å²) in [5.41, 5.74) is 1.33. The van der Waals surface area contributed by atoms with Crippen molar-refractivity contribution in [1.29, 1.82) is 0 Å². The molecule has 0 saturated heterocycles. The highest BCUT2D eigenvalue weighted by molar-refractivity contribution is 5.90. The van der Waals surface area contributed by atoms with Gasteiger partial charge in [0.25, 0.3) is 0 Å². The van der Waals surface area contributed by atoms with E-state index >= 15 is 0 Å². The van der Waals surface area contributed by atoms with Crippen molar-refractivity contribution < 1.29 is 47.6 Å². The molecule has 0 radical (unpaired) electrons. The summed E-state index contributed by atoms with van der Waals surface area (Å²) in [5.74, 6) is 2.99. The fourth-order valence-electron chi connectivity index (χ4n) is 9.87. The van der Waals surface area contributed by atoms with Gasteiger partial charge in [-0.2, -0.15) is 0 Å². The van der Waals surface area contributed by atoms with Gasteiger partial charge >= 0.3 is 23.9 Å². The molecule has 2 aromatic rings. The van der Waals surface area contributed by atoms with Crippen LogP contribution < -0.4 is 9.47 Å². The summed E-state index contributed by atoms with van der Waals surface area (Å²) in [7, 11) is 0. The molecule has 1 aliphatic rings. The number of rotatable bonds is 40. The van der Waals surface area contributed by atoms with Gasteiger partial charge in [-0.1, -0.05) is 155 Å². The van der Waals surface area contributed by atoms with Crippen molar-refractivity contribution in [3.8, 4) is 11.5 Å². The van der Waals surface area contributed by atoms with Crippen molar-refractivity contribution in [1.82, 2.24) is 0 Å². The Hall–Kier alpha value is -4.60. The van der Waals surface area contributed by atoms with Crippen molar-refractivity contribution in [2.24, 2.45) is 23.7 Å². The number of carbonyl (C=O) groups is 4. The molecule has 10 heteroatoms. The molecule has 0 N–H and O–H groups in total. The van der Waals surface area contributed by atoms with Crippen LogP contribution in [0.4, 0.5) is 0 Å². The zero-order valence-corrected chi connectivity index (χ0v) is 43.1. The Labute approximate surface area is 417 Å². The van der Waals surface area contributed by atoms with Crippen LogP contribution in [0.3, 0.4) is 0 Å². The van der Waals surface area contributed by atoms with Gasteiger partial charge in [-0.3, -0.25) is 0 Å². The zero-order valence-electron chi connectivity index (χ0n) is 43.1. The third-order valence-corrected chi connectivity index (χ3v) is 13.7. The largest absolute Gasteiger partial charge is 0.490 e. The quantitative estimate of drug-likeness (QED) is 0.0276. The molecular formula is C59H90O10. The molecule has 10 nitrogen and oxygen atoms in total. The molecule has 0 heterocycles. The highest BCUT2D eigenvalue weighted by atomic mass is 16.6. The van der Waals surface area contributed by atoms with Gasteiger partial charge in [0.15, 0.2) is 0 Å². The second-order valence-electron chi connectivity index (χ2n) is 19.2. The van der Waals surface area contributed by atoms with Crippen LogP contribution in [0.15, 0.2) is 73.3 Å². The van der Waals surface area contributed by atoms with E-state index in [0.29, 0.717) is 41.4 Å². The van der Waals surface area contributed by atoms with Crippen molar-refractivity contribution in [2.75, 3.05) is 39.6 Å². The SMILES string of the molecule is C=CC(=O)OCCOc1ccc(C(=O)OCCCCCCCC2C(CCCCCCCOC(=O)c3ccc(OCCOC(=O)C(=C)C)cc3)CCC(CCCCCC)C2CCCCCCCC)cc1. The number of esters is 4. The number of ether oxygens (including phenoxy) is 6. The van der Waals surface area contributed by atoms with Crippen LogP contribution in [0.1, 0.15) is 208 Å². The highest BCUT2D eigenvalue weighted by Crippen LogP contribution is 2.48. The molecule has 0 bridgehead atoms. The molecule has 2 aromatic carbocycles. The molecule has 4 atom stereocenters. The van der Waals surface area contributed by atoms with E-state index in [9.17, 15) is 19.2 Å². The number of hydrogen-bond acceptors (Lipinski definition) is 10. The average Bonchev–Trinajstić information content (AvgIpc) is 3.36. The summed E-state index contributed by atoms with van der Waals surface area (Å²) in [6, 6.07) is 13.7. The first-order valence-electron chi connectivity index (χ1n) is 27.1. The van der Waals surface area contributed by atoms with E-state index in [1.807, 2.05) is 0 Å². The maximum atomic E-state index is 12.7. The fraction of sp³-hybridized carbons (Fsp3) is 0.661. The number of unbranched alkanes of at least 4 members (excludes halogenated alkanes) is 16. The highest BCUT2D eigenvalue weighted by Gasteiger charge is 2.37. The lowest BCUT2D eigenvalue weighted by molar-refractivity contribution is -0.140. The van der Waals surface area contributed by atoms with Gasteiger partial charge in [0, 0.05) is 11.6 Å². The Morgan fingerprint density at radius 1 is 0.478 bits per heavy atom. The Morgan fingerprint density at radius 2 is 0.855 bits per heavy atom. The normalized spacial score (nSPS) is 16.6. The van der Waals surface area contributed by atoms with Crippen LogP contribution >= 0.6 is 0 Å². The van der Waals surface area contributed by atoms with Gasteiger partial charge < -0.3 is 28.4 Å². The molecule has 1 saturated carbocycles. The van der Waals surface area contributed by atoms with E-state index in [-0.39, 0.29) is 38.4 Å². The monoisotopic (exact) mass is 959 g/mol. The minimum Gasteiger partial charge on any atom is -0.490 e. The van der Waals surface area contributed by atoms with E-state index in [0.717, 1.165) is 55.4 Å². The third kappa shape index (κ3) is 25.7. The predicted molar refractivity (Wildman–Crippen MR) is 277 cm³/mol. The van der Waals surface area contributed by atoms with Crippen molar-refractivity contribution in [3.05, 3.63) is 84.5 Å². The van der Waals surface area contributed by atoms with Gasteiger partial charge in [0.1, 0.15) is 37.9 Å². The molecule has 0 spiro atoms.